The molecule has 24 heavy (non-hydrogen) atoms. The Morgan fingerprint density at radius 1 is 1.42 bits per heavy atom. The van der Waals surface area contributed by atoms with Gasteiger partial charge in [0.2, 0.25) is 0 Å². The molecule has 2 heterocycles. The first kappa shape index (κ1) is 18.5. The van der Waals surface area contributed by atoms with Crippen LogP contribution in [0.3, 0.4) is 0 Å². The van der Waals surface area contributed by atoms with Crippen LogP contribution in [0.2, 0.25) is 0 Å². The zero-order valence-electron chi connectivity index (χ0n) is 15.0. The zero-order valence-corrected chi connectivity index (χ0v) is 15.8. The number of hydrogen-bond acceptors (Lipinski definition) is 5. The fourth-order valence-corrected chi connectivity index (χ4v) is 3.92. The van der Waals surface area contributed by atoms with E-state index in [9.17, 15) is 9.59 Å². The van der Waals surface area contributed by atoms with Crippen molar-refractivity contribution >= 4 is 28.4 Å². The molecule has 1 aromatic rings. The number of nitrogens with zero attached hydrogens (tertiary/aromatic N) is 3. The molecule has 7 nitrogen and oxygen atoms in total. The van der Waals surface area contributed by atoms with E-state index in [0.717, 1.165) is 5.69 Å². The van der Waals surface area contributed by atoms with E-state index in [1.165, 1.54) is 16.2 Å². The van der Waals surface area contributed by atoms with Crippen LogP contribution < -0.4 is 11.1 Å². The van der Waals surface area contributed by atoms with Gasteiger partial charge in [-0.25, -0.2) is 9.78 Å². The second-order valence-corrected chi connectivity index (χ2v) is 7.78. The van der Waals surface area contributed by atoms with Gasteiger partial charge in [-0.05, 0) is 12.3 Å². The fraction of sp³-hybridized carbons (Fsp3) is 0.688. The fourth-order valence-electron chi connectivity index (χ4n) is 3.03. The number of urea groups is 1. The molecule has 0 aromatic carbocycles. The van der Waals surface area contributed by atoms with Crippen LogP contribution in [0.25, 0.3) is 0 Å². The van der Waals surface area contributed by atoms with Crippen molar-refractivity contribution in [1.29, 1.82) is 0 Å². The lowest BCUT2D eigenvalue weighted by Crippen LogP contribution is -2.46. The molecule has 134 valence electrons. The predicted molar refractivity (Wildman–Crippen MR) is 96.1 cm³/mol. The average molecular weight is 353 g/mol. The van der Waals surface area contributed by atoms with Gasteiger partial charge in [-0.1, -0.05) is 32.1 Å². The maximum absolute atomic E-state index is 12.9. The van der Waals surface area contributed by atoms with Crippen LogP contribution in [0.5, 0.6) is 0 Å². The van der Waals surface area contributed by atoms with Gasteiger partial charge < -0.3 is 20.9 Å². The number of aryl methyl sites for hydroxylation is 1. The SMILES string of the molecule is CCc1nc(N)sc1C(=O)N1C[C@@H](NC(=O)N(C)C)[C@H](C(C)C)C1. The number of likely N-dealkylation sites (tertiary alicyclic amines) is 1. The molecule has 0 bridgehead atoms. The lowest BCUT2D eigenvalue weighted by Gasteiger charge is -2.24. The summed E-state index contributed by atoms with van der Waals surface area (Å²) in [7, 11) is 3.43. The van der Waals surface area contributed by atoms with Crippen LogP contribution in [0.1, 0.15) is 36.1 Å². The number of nitrogens with two attached hydrogens (primary N) is 1. The Labute approximate surface area is 147 Å². The van der Waals surface area contributed by atoms with Crippen LogP contribution in [0, 0.1) is 11.8 Å². The quantitative estimate of drug-likeness (QED) is 0.861. The summed E-state index contributed by atoms with van der Waals surface area (Å²) >= 11 is 1.24. The summed E-state index contributed by atoms with van der Waals surface area (Å²) in [5, 5.41) is 3.46. The highest BCUT2D eigenvalue weighted by atomic mass is 32.1. The van der Waals surface area contributed by atoms with Gasteiger partial charge in [-0.2, -0.15) is 0 Å². The predicted octanol–water partition coefficient (Wildman–Crippen LogP) is 1.66. The third-order valence-electron chi connectivity index (χ3n) is 4.47. The Morgan fingerprint density at radius 2 is 2.08 bits per heavy atom. The first-order valence-corrected chi connectivity index (χ1v) is 9.08. The van der Waals surface area contributed by atoms with Gasteiger partial charge in [0.15, 0.2) is 5.13 Å². The lowest BCUT2D eigenvalue weighted by atomic mass is 9.91. The van der Waals surface area contributed by atoms with Crippen molar-refractivity contribution in [3.8, 4) is 0 Å². The standard InChI is InChI=1S/C16H27N5O2S/c1-6-11-13(24-15(17)18-11)14(22)21-7-10(9(2)3)12(8-21)19-16(23)20(4)5/h9-10,12H,6-8H2,1-5H3,(H2,17,18)(H,19,23)/t10-,12+/m0/s1. The highest BCUT2D eigenvalue weighted by Gasteiger charge is 2.39. The van der Waals surface area contributed by atoms with E-state index < -0.39 is 0 Å². The Morgan fingerprint density at radius 3 is 2.62 bits per heavy atom. The number of amides is 3. The van der Waals surface area contributed by atoms with Gasteiger partial charge in [-0.15, -0.1) is 0 Å². The van der Waals surface area contributed by atoms with E-state index in [0.29, 0.717) is 35.4 Å². The molecule has 3 amide bonds. The third-order valence-corrected chi connectivity index (χ3v) is 5.38. The first-order chi connectivity index (χ1) is 11.2. The van der Waals surface area contributed by atoms with E-state index >= 15 is 0 Å². The Bertz CT molecular complexity index is 614. The second-order valence-electron chi connectivity index (χ2n) is 6.75. The molecular weight excluding hydrogens is 326 g/mol. The Kier molecular flexibility index (Phi) is 5.69. The van der Waals surface area contributed by atoms with Crippen LogP contribution in [-0.2, 0) is 6.42 Å². The van der Waals surface area contributed by atoms with Gasteiger partial charge in [0.05, 0.1) is 11.7 Å². The minimum absolute atomic E-state index is 0.0340. The topological polar surface area (TPSA) is 91.6 Å². The van der Waals surface area contributed by atoms with E-state index in [1.54, 1.807) is 14.1 Å². The number of hydrogen-bond donors (Lipinski definition) is 2. The molecule has 2 atom stereocenters. The summed E-state index contributed by atoms with van der Waals surface area (Å²) in [6.07, 6.45) is 0.678. The molecule has 1 aliphatic rings. The van der Waals surface area contributed by atoms with Crippen LogP contribution in [-0.4, -0.2) is 59.9 Å². The lowest BCUT2D eigenvalue weighted by molar-refractivity contribution is 0.0786. The Hall–Kier alpha value is -1.83. The highest BCUT2D eigenvalue weighted by molar-refractivity contribution is 7.17. The van der Waals surface area contributed by atoms with Crippen molar-refractivity contribution in [3.63, 3.8) is 0 Å². The summed E-state index contributed by atoms with van der Waals surface area (Å²) in [6, 6.07) is -0.171. The number of nitrogen functional groups attached to an aromatic ring is 1. The van der Waals surface area contributed by atoms with E-state index in [-0.39, 0.29) is 23.9 Å². The maximum Gasteiger partial charge on any atom is 0.317 e. The number of rotatable bonds is 4. The highest BCUT2D eigenvalue weighted by Crippen LogP contribution is 2.29. The second kappa shape index (κ2) is 7.38. The molecule has 0 aliphatic carbocycles. The molecular formula is C16H27N5O2S. The van der Waals surface area contributed by atoms with Gasteiger partial charge in [-0.3, -0.25) is 4.79 Å². The summed E-state index contributed by atoms with van der Waals surface area (Å²) < 4.78 is 0. The largest absolute Gasteiger partial charge is 0.375 e. The molecule has 1 fully saturated rings. The van der Waals surface area contributed by atoms with Gasteiger partial charge >= 0.3 is 6.03 Å². The van der Waals surface area contributed by atoms with Crippen molar-refractivity contribution < 1.29 is 9.59 Å². The normalized spacial score (nSPS) is 20.5. The zero-order chi connectivity index (χ0) is 18.0. The molecule has 1 aromatic heterocycles. The van der Waals surface area contributed by atoms with Crippen molar-refractivity contribution in [1.82, 2.24) is 20.1 Å². The van der Waals surface area contributed by atoms with Crippen molar-refractivity contribution in [2.45, 2.75) is 33.2 Å². The van der Waals surface area contributed by atoms with Crippen molar-refractivity contribution in [2.75, 3.05) is 32.9 Å². The molecule has 0 radical (unpaired) electrons. The smallest absolute Gasteiger partial charge is 0.317 e. The minimum Gasteiger partial charge on any atom is -0.375 e. The van der Waals surface area contributed by atoms with E-state index in [2.05, 4.69) is 24.1 Å². The summed E-state index contributed by atoms with van der Waals surface area (Å²) in [5.74, 6) is 0.564. The van der Waals surface area contributed by atoms with Crippen LogP contribution >= 0.6 is 11.3 Å². The molecule has 1 aliphatic heterocycles. The van der Waals surface area contributed by atoms with Crippen molar-refractivity contribution in [3.05, 3.63) is 10.6 Å². The molecule has 0 spiro atoms. The maximum atomic E-state index is 12.9. The first-order valence-electron chi connectivity index (χ1n) is 8.26. The summed E-state index contributed by atoms with van der Waals surface area (Å²) in [5.41, 5.74) is 6.52. The number of anilines is 1. The van der Waals surface area contributed by atoms with Crippen LogP contribution in [0.15, 0.2) is 0 Å². The average Bonchev–Trinajstić information content (AvgIpc) is 3.09. The third kappa shape index (κ3) is 3.80. The molecule has 0 saturated carbocycles. The number of carbonyl (C=O) groups excluding carboxylic acids is 2. The minimum atomic E-state index is -0.128. The number of thiazole rings is 1. The number of aromatic nitrogens is 1. The van der Waals surface area contributed by atoms with Crippen LogP contribution in [0.4, 0.5) is 9.93 Å². The van der Waals surface area contributed by atoms with Gasteiger partial charge in [0.1, 0.15) is 4.88 Å². The molecule has 8 heteroatoms. The molecule has 2 rings (SSSR count). The van der Waals surface area contributed by atoms with Gasteiger partial charge in [0.25, 0.3) is 5.91 Å². The summed E-state index contributed by atoms with van der Waals surface area (Å²) in [4.78, 5) is 33.1. The Balaban J connectivity index is 2.17. The monoisotopic (exact) mass is 353 g/mol. The molecule has 1 saturated heterocycles. The summed E-state index contributed by atoms with van der Waals surface area (Å²) in [6.45, 7) is 7.36. The van der Waals surface area contributed by atoms with E-state index in [1.807, 2.05) is 11.8 Å². The van der Waals surface area contributed by atoms with E-state index in [4.69, 9.17) is 5.73 Å². The van der Waals surface area contributed by atoms with Crippen molar-refractivity contribution in [2.24, 2.45) is 11.8 Å². The number of carbonyl (C=O) groups is 2. The number of nitrogens with one attached hydrogen (secondary N) is 1. The van der Waals surface area contributed by atoms with Gasteiger partial charge in [0, 0.05) is 33.1 Å². The molecule has 3 N–H and O–H groups in total. The molecule has 0 unspecified atom stereocenters.